The van der Waals surface area contributed by atoms with Crippen molar-refractivity contribution in [3.05, 3.63) is 35.7 Å². The van der Waals surface area contributed by atoms with Gasteiger partial charge in [-0.3, -0.25) is 0 Å². The van der Waals surface area contributed by atoms with Gasteiger partial charge in [-0.15, -0.1) is 11.3 Å². The van der Waals surface area contributed by atoms with Crippen molar-refractivity contribution in [2.24, 2.45) is 0 Å². The third kappa shape index (κ3) is 3.57. The predicted molar refractivity (Wildman–Crippen MR) is 63.5 cm³/mol. The lowest BCUT2D eigenvalue weighted by atomic mass is 10.5. The molecule has 0 saturated heterocycles. The van der Waals surface area contributed by atoms with Gasteiger partial charge in [-0.2, -0.15) is 13.2 Å². The Kier molecular flexibility index (Phi) is 3.68. The van der Waals surface area contributed by atoms with Gasteiger partial charge >= 0.3 is 6.18 Å². The predicted octanol–water partition coefficient (Wildman–Crippen LogP) is 2.48. The highest BCUT2D eigenvalue weighted by Gasteiger charge is 2.30. The maximum atomic E-state index is 12.3. The number of nitrogens with zero attached hydrogens (tertiary/aromatic N) is 2. The van der Waals surface area contributed by atoms with Crippen molar-refractivity contribution in [3.63, 3.8) is 0 Å². The minimum Gasteiger partial charge on any atom is -0.325 e. The number of alkyl halides is 3. The van der Waals surface area contributed by atoms with Gasteiger partial charge < -0.3 is 4.57 Å². The van der Waals surface area contributed by atoms with Crippen molar-refractivity contribution in [2.45, 2.75) is 22.7 Å². The third-order valence-corrected chi connectivity index (χ3v) is 5.37. The van der Waals surface area contributed by atoms with E-state index in [1.54, 1.807) is 11.4 Å². The first kappa shape index (κ1) is 14.1. The molecule has 0 spiro atoms. The van der Waals surface area contributed by atoms with E-state index in [-0.39, 0.29) is 10.0 Å². The molecule has 9 heteroatoms. The summed E-state index contributed by atoms with van der Waals surface area (Å²) in [6.07, 6.45) is -2.14. The smallest absolute Gasteiger partial charge is 0.325 e. The number of hydrogen-bond acceptors (Lipinski definition) is 4. The van der Waals surface area contributed by atoms with Crippen LogP contribution in [0.15, 0.2) is 34.1 Å². The molecule has 0 saturated carbocycles. The molecule has 0 bridgehead atoms. The molecule has 104 valence electrons. The zero-order chi connectivity index (χ0) is 14.1. The number of thiophene rings is 1. The molecule has 0 aliphatic rings. The molecule has 0 N–H and O–H groups in total. The Bertz CT molecular complexity index is 645. The average Bonchev–Trinajstić information content (AvgIpc) is 2.87. The lowest BCUT2D eigenvalue weighted by Gasteiger charge is -2.10. The van der Waals surface area contributed by atoms with Crippen molar-refractivity contribution in [3.8, 4) is 0 Å². The molecule has 19 heavy (non-hydrogen) atoms. The standard InChI is InChI=1S/C10H9F3N2O2S2/c11-10(12,13)7-15-4-3-14-8(15)6-19(16,17)9-2-1-5-18-9/h1-5H,6-7H2. The number of halogens is 3. The largest absolute Gasteiger partial charge is 0.406 e. The molecule has 4 nitrogen and oxygen atoms in total. The third-order valence-electron chi connectivity index (χ3n) is 2.27. The molecule has 0 aliphatic heterocycles. The van der Waals surface area contributed by atoms with Crippen molar-refractivity contribution >= 4 is 21.2 Å². The summed E-state index contributed by atoms with van der Waals surface area (Å²) < 4.78 is 61.8. The zero-order valence-electron chi connectivity index (χ0n) is 9.46. The van der Waals surface area contributed by atoms with Gasteiger partial charge in [0, 0.05) is 12.4 Å². The molecular formula is C10H9F3N2O2S2. The Morgan fingerprint density at radius 3 is 2.68 bits per heavy atom. The fourth-order valence-corrected chi connectivity index (χ4v) is 3.89. The SMILES string of the molecule is O=S(=O)(Cc1nccn1CC(F)(F)F)c1cccs1. The summed E-state index contributed by atoms with van der Waals surface area (Å²) in [5.41, 5.74) is 0. The topological polar surface area (TPSA) is 52.0 Å². The van der Waals surface area contributed by atoms with Crippen LogP contribution in [0.5, 0.6) is 0 Å². The zero-order valence-corrected chi connectivity index (χ0v) is 11.1. The molecule has 2 aromatic heterocycles. The van der Waals surface area contributed by atoms with Crippen LogP contribution in [-0.2, 0) is 22.1 Å². The normalized spacial score (nSPS) is 12.8. The molecule has 0 amide bonds. The van der Waals surface area contributed by atoms with Crippen LogP contribution in [-0.4, -0.2) is 24.1 Å². The number of sulfone groups is 1. The highest BCUT2D eigenvalue weighted by atomic mass is 32.2. The van der Waals surface area contributed by atoms with E-state index in [4.69, 9.17) is 0 Å². The molecule has 0 atom stereocenters. The van der Waals surface area contributed by atoms with Crippen LogP contribution in [0.4, 0.5) is 13.2 Å². The summed E-state index contributed by atoms with van der Waals surface area (Å²) in [7, 11) is -3.65. The fourth-order valence-electron chi connectivity index (χ4n) is 1.50. The Labute approximate surface area is 111 Å². The van der Waals surface area contributed by atoms with Crippen LogP contribution in [0.1, 0.15) is 5.82 Å². The second-order valence-electron chi connectivity index (χ2n) is 3.78. The Balaban J connectivity index is 2.23. The minimum atomic E-state index is -4.41. The van der Waals surface area contributed by atoms with Crippen molar-refractivity contribution < 1.29 is 21.6 Å². The van der Waals surface area contributed by atoms with E-state index >= 15 is 0 Å². The Morgan fingerprint density at radius 1 is 1.37 bits per heavy atom. The molecule has 2 heterocycles. The van der Waals surface area contributed by atoms with Crippen molar-refractivity contribution in [1.29, 1.82) is 0 Å². The van der Waals surface area contributed by atoms with Crippen LogP contribution in [0.25, 0.3) is 0 Å². The fraction of sp³-hybridized carbons (Fsp3) is 0.300. The number of hydrogen-bond donors (Lipinski definition) is 0. The van der Waals surface area contributed by atoms with E-state index in [1.165, 1.54) is 6.07 Å². The minimum absolute atomic E-state index is 0.119. The quantitative estimate of drug-likeness (QED) is 0.872. The highest BCUT2D eigenvalue weighted by Crippen LogP contribution is 2.22. The van der Waals surface area contributed by atoms with Crippen molar-refractivity contribution in [1.82, 2.24) is 9.55 Å². The van der Waals surface area contributed by atoms with Crippen LogP contribution in [0, 0.1) is 0 Å². The summed E-state index contributed by atoms with van der Waals surface area (Å²) in [4.78, 5) is 3.68. The van der Waals surface area contributed by atoms with E-state index in [2.05, 4.69) is 4.98 Å². The summed E-state index contributed by atoms with van der Waals surface area (Å²) in [6.45, 7) is -1.25. The van der Waals surface area contributed by atoms with Gasteiger partial charge in [0.25, 0.3) is 0 Å². The highest BCUT2D eigenvalue weighted by molar-refractivity contribution is 7.92. The second kappa shape index (κ2) is 4.97. The van der Waals surface area contributed by atoms with Crippen LogP contribution in [0.2, 0.25) is 0 Å². The molecule has 0 radical (unpaired) electrons. The number of imidazole rings is 1. The number of aromatic nitrogens is 2. The van der Waals surface area contributed by atoms with Crippen LogP contribution >= 0.6 is 11.3 Å². The monoisotopic (exact) mass is 310 g/mol. The van der Waals surface area contributed by atoms with E-state index in [0.717, 1.165) is 28.3 Å². The van der Waals surface area contributed by atoms with Gasteiger partial charge in [0.15, 0.2) is 9.84 Å². The van der Waals surface area contributed by atoms with E-state index in [9.17, 15) is 21.6 Å². The van der Waals surface area contributed by atoms with E-state index in [0.29, 0.717) is 0 Å². The van der Waals surface area contributed by atoms with Crippen LogP contribution < -0.4 is 0 Å². The van der Waals surface area contributed by atoms with Crippen molar-refractivity contribution in [2.75, 3.05) is 0 Å². The number of rotatable bonds is 4. The van der Waals surface area contributed by atoms with Gasteiger partial charge in [0.1, 0.15) is 22.3 Å². The van der Waals surface area contributed by atoms with Gasteiger partial charge in [0.2, 0.25) is 0 Å². The summed E-state index contributed by atoms with van der Waals surface area (Å²) in [6, 6.07) is 2.98. The lowest BCUT2D eigenvalue weighted by Crippen LogP contribution is -2.20. The summed E-state index contributed by atoms with van der Waals surface area (Å²) >= 11 is 1.02. The summed E-state index contributed by atoms with van der Waals surface area (Å²) in [5, 5.41) is 1.59. The molecule has 2 aromatic rings. The Hall–Kier alpha value is -1.35. The second-order valence-corrected chi connectivity index (χ2v) is 6.94. The molecule has 0 aromatic carbocycles. The molecule has 2 rings (SSSR count). The van der Waals surface area contributed by atoms with Gasteiger partial charge in [0.05, 0.1) is 0 Å². The lowest BCUT2D eigenvalue weighted by molar-refractivity contribution is -0.141. The molecule has 0 aliphatic carbocycles. The first-order valence-electron chi connectivity index (χ1n) is 5.11. The summed E-state index contributed by atoms with van der Waals surface area (Å²) in [5.74, 6) is -0.665. The molecular weight excluding hydrogens is 301 g/mol. The first-order chi connectivity index (χ1) is 8.78. The average molecular weight is 310 g/mol. The first-order valence-corrected chi connectivity index (χ1v) is 7.64. The maximum Gasteiger partial charge on any atom is 0.406 e. The maximum absolute atomic E-state index is 12.3. The van der Waals surface area contributed by atoms with E-state index in [1.807, 2.05) is 0 Å². The van der Waals surface area contributed by atoms with Gasteiger partial charge in [-0.1, -0.05) is 6.07 Å². The van der Waals surface area contributed by atoms with Gasteiger partial charge in [-0.25, -0.2) is 13.4 Å². The van der Waals surface area contributed by atoms with Crippen LogP contribution in [0.3, 0.4) is 0 Å². The molecule has 0 fully saturated rings. The Morgan fingerprint density at radius 2 is 2.11 bits per heavy atom. The molecule has 0 unspecified atom stereocenters. The van der Waals surface area contributed by atoms with Gasteiger partial charge in [-0.05, 0) is 11.4 Å². The van der Waals surface area contributed by atoms with E-state index < -0.39 is 28.3 Å².